The van der Waals surface area contributed by atoms with Crippen LogP contribution in [0.2, 0.25) is 0 Å². The lowest BCUT2D eigenvalue weighted by molar-refractivity contribution is 0.0346. The molecule has 2 aliphatic heterocycles. The van der Waals surface area contributed by atoms with Gasteiger partial charge >= 0.3 is 0 Å². The lowest BCUT2D eigenvalue weighted by Crippen LogP contribution is -2.44. The smallest absolute Gasteiger partial charge is 0.0570 e. The number of fused-ring (bicyclic) bond motifs is 2. The molecule has 2 bridgehead atoms. The van der Waals surface area contributed by atoms with Crippen LogP contribution in [-0.4, -0.2) is 34.7 Å². The molecule has 0 aliphatic carbocycles. The molecule has 2 heterocycles. The fourth-order valence-corrected chi connectivity index (χ4v) is 3.86. The van der Waals surface area contributed by atoms with Crippen molar-refractivity contribution in [2.75, 3.05) is 6.54 Å². The van der Waals surface area contributed by atoms with Crippen LogP contribution in [0, 0.1) is 0 Å². The topological polar surface area (TPSA) is 23.5 Å². The maximum Gasteiger partial charge on any atom is 0.0570 e. The van der Waals surface area contributed by atoms with E-state index < -0.39 is 0 Å². The minimum absolute atomic E-state index is 0.00667. The van der Waals surface area contributed by atoms with Crippen LogP contribution in [0.1, 0.15) is 77.6 Å². The molecule has 2 fully saturated rings. The van der Waals surface area contributed by atoms with Crippen LogP contribution in [0.15, 0.2) is 0 Å². The van der Waals surface area contributed by atoms with Gasteiger partial charge < -0.3 is 5.11 Å². The third kappa shape index (κ3) is 3.96. The first kappa shape index (κ1) is 14.3. The molecule has 2 heteroatoms. The molecule has 2 rings (SSSR count). The van der Waals surface area contributed by atoms with E-state index in [1.807, 2.05) is 0 Å². The van der Waals surface area contributed by atoms with Gasteiger partial charge in [-0.3, -0.25) is 4.90 Å². The Morgan fingerprint density at radius 2 is 1.44 bits per heavy atom. The summed E-state index contributed by atoms with van der Waals surface area (Å²) in [6.45, 7) is 3.57. The normalized spacial score (nSPS) is 32.0. The summed E-state index contributed by atoms with van der Waals surface area (Å²) in [7, 11) is 0. The van der Waals surface area contributed by atoms with Gasteiger partial charge in [0.15, 0.2) is 0 Å². The van der Waals surface area contributed by atoms with Crippen LogP contribution in [-0.2, 0) is 0 Å². The van der Waals surface area contributed by atoms with E-state index in [2.05, 4.69) is 11.8 Å². The molecular formula is C16H31NO. The maximum atomic E-state index is 9.77. The highest BCUT2D eigenvalue weighted by Crippen LogP contribution is 2.35. The average molecular weight is 253 g/mol. The van der Waals surface area contributed by atoms with Crippen molar-refractivity contribution in [1.29, 1.82) is 0 Å². The number of unbranched alkanes of at least 4 members (excludes halogenated alkanes) is 6. The van der Waals surface area contributed by atoms with Crippen LogP contribution >= 0.6 is 0 Å². The van der Waals surface area contributed by atoms with E-state index in [1.165, 1.54) is 64.3 Å². The molecule has 0 aromatic carbocycles. The molecule has 106 valence electrons. The van der Waals surface area contributed by atoms with Crippen molar-refractivity contribution in [3.8, 4) is 0 Å². The Morgan fingerprint density at radius 3 is 2.06 bits per heavy atom. The van der Waals surface area contributed by atoms with Gasteiger partial charge in [-0.25, -0.2) is 0 Å². The second-order valence-electron chi connectivity index (χ2n) is 6.37. The summed E-state index contributed by atoms with van der Waals surface area (Å²) in [6, 6.07) is 1.41. The number of hydrogen-bond acceptors (Lipinski definition) is 2. The second-order valence-corrected chi connectivity index (χ2v) is 6.37. The van der Waals surface area contributed by atoms with Crippen molar-refractivity contribution in [3.05, 3.63) is 0 Å². The van der Waals surface area contributed by atoms with Gasteiger partial charge in [-0.2, -0.15) is 0 Å². The predicted octanol–water partition coefficient (Wildman–Crippen LogP) is 3.72. The van der Waals surface area contributed by atoms with E-state index in [9.17, 15) is 5.11 Å². The van der Waals surface area contributed by atoms with E-state index in [-0.39, 0.29) is 6.10 Å². The summed E-state index contributed by atoms with van der Waals surface area (Å²) in [4.78, 5) is 2.71. The third-order valence-electron chi connectivity index (χ3n) is 4.88. The quantitative estimate of drug-likeness (QED) is 0.666. The molecule has 0 radical (unpaired) electrons. The van der Waals surface area contributed by atoms with Gasteiger partial charge in [-0.05, 0) is 38.6 Å². The largest absolute Gasteiger partial charge is 0.393 e. The molecule has 2 atom stereocenters. The summed E-state index contributed by atoms with van der Waals surface area (Å²) in [5.74, 6) is 0. The van der Waals surface area contributed by atoms with E-state index in [0.29, 0.717) is 12.1 Å². The lowest BCUT2D eigenvalue weighted by Gasteiger charge is -2.37. The summed E-state index contributed by atoms with van der Waals surface area (Å²) in [6.07, 6.45) is 14.5. The molecule has 2 nitrogen and oxygen atoms in total. The van der Waals surface area contributed by atoms with Crippen molar-refractivity contribution in [2.24, 2.45) is 0 Å². The van der Waals surface area contributed by atoms with Crippen LogP contribution in [0.25, 0.3) is 0 Å². The standard InChI is InChI=1S/C16H31NO/c1-2-3-4-5-6-7-8-11-17-14-9-10-15(17)13-16(18)12-14/h14-16,18H,2-13H2,1H3. The maximum absolute atomic E-state index is 9.77. The van der Waals surface area contributed by atoms with E-state index in [4.69, 9.17) is 0 Å². The van der Waals surface area contributed by atoms with Crippen molar-refractivity contribution < 1.29 is 5.11 Å². The Morgan fingerprint density at radius 1 is 0.889 bits per heavy atom. The SMILES string of the molecule is CCCCCCCCCN1C2CCC1CC(O)C2. The third-order valence-corrected chi connectivity index (χ3v) is 4.88. The lowest BCUT2D eigenvalue weighted by atomic mass is 9.99. The molecule has 18 heavy (non-hydrogen) atoms. The summed E-state index contributed by atoms with van der Waals surface area (Å²) < 4.78 is 0. The molecule has 0 spiro atoms. The fraction of sp³-hybridized carbons (Fsp3) is 1.00. The molecule has 1 N–H and O–H groups in total. The zero-order valence-electron chi connectivity index (χ0n) is 12.1. The van der Waals surface area contributed by atoms with E-state index in [1.54, 1.807) is 0 Å². The van der Waals surface area contributed by atoms with Crippen LogP contribution in [0.3, 0.4) is 0 Å². The number of piperidine rings is 1. The highest BCUT2D eigenvalue weighted by molar-refractivity contribution is 4.94. The van der Waals surface area contributed by atoms with Crippen LogP contribution in [0.5, 0.6) is 0 Å². The molecule has 0 saturated carbocycles. The Bertz CT molecular complexity index is 217. The number of rotatable bonds is 8. The summed E-state index contributed by atoms with van der Waals surface area (Å²) in [5, 5.41) is 9.77. The Labute approximate surface area is 113 Å². The Balaban J connectivity index is 1.55. The highest BCUT2D eigenvalue weighted by atomic mass is 16.3. The first-order chi connectivity index (χ1) is 8.81. The van der Waals surface area contributed by atoms with Gasteiger partial charge in [0.2, 0.25) is 0 Å². The van der Waals surface area contributed by atoms with Gasteiger partial charge in [-0.1, -0.05) is 45.4 Å². The zero-order valence-corrected chi connectivity index (χ0v) is 12.1. The van der Waals surface area contributed by atoms with Gasteiger partial charge in [0.25, 0.3) is 0 Å². The zero-order chi connectivity index (χ0) is 12.8. The molecule has 0 amide bonds. The molecule has 2 unspecified atom stereocenters. The highest BCUT2D eigenvalue weighted by Gasteiger charge is 2.39. The van der Waals surface area contributed by atoms with Crippen molar-refractivity contribution in [3.63, 3.8) is 0 Å². The van der Waals surface area contributed by atoms with Crippen molar-refractivity contribution in [1.82, 2.24) is 4.90 Å². The number of hydrogen-bond donors (Lipinski definition) is 1. The van der Waals surface area contributed by atoms with Crippen LogP contribution < -0.4 is 0 Å². The fourth-order valence-electron chi connectivity index (χ4n) is 3.86. The van der Waals surface area contributed by atoms with Crippen LogP contribution in [0.4, 0.5) is 0 Å². The van der Waals surface area contributed by atoms with Crippen molar-refractivity contribution >= 4 is 0 Å². The van der Waals surface area contributed by atoms with Gasteiger partial charge in [0.05, 0.1) is 6.10 Å². The van der Waals surface area contributed by atoms with Crippen molar-refractivity contribution in [2.45, 2.75) is 95.7 Å². The number of aliphatic hydroxyl groups excluding tert-OH is 1. The van der Waals surface area contributed by atoms with Gasteiger partial charge in [0.1, 0.15) is 0 Å². The molecular weight excluding hydrogens is 222 g/mol. The average Bonchev–Trinajstić information content (AvgIpc) is 2.59. The first-order valence-corrected chi connectivity index (χ1v) is 8.25. The van der Waals surface area contributed by atoms with Gasteiger partial charge in [0, 0.05) is 12.1 Å². The molecule has 2 aliphatic rings. The summed E-state index contributed by atoms with van der Waals surface area (Å²) >= 11 is 0. The number of nitrogens with zero attached hydrogens (tertiary/aromatic N) is 1. The number of aliphatic hydroxyl groups is 1. The monoisotopic (exact) mass is 253 g/mol. The van der Waals surface area contributed by atoms with Gasteiger partial charge in [-0.15, -0.1) is 0 Å². The van der Waals surface area contributed by atoms with E-state index in [0.717, 1.165) is 12.8 Å². The minimum Gasteiger partial charge on any atom is -0.393 e. The molecule has 0 aromatic heterocycles. The Kier molecular flexibility index (Phi) is 5.97. The molecule has 2 saturated heterocycles. The minimum atomic E-state index is -0.00667. The molecule has 0 aromatic rings. The first-order valence-electron chi connectivity index (χ1n) is 8.25. The Hall–Kier alpha value is -0.0800. The van der Waals surface area contributed by atoms with E-state index >= 15 is 0 Å². The second kappa shape index (κ2) is 7.49. The predicted molar refractivity (Wildman–Crippen MR) is 76.7 cm³/mol. The summed E-state index contributed by atoms with van der Waals surface area (Å²) in [5.41, 5.74) is 0.